The van der Waals surface area contributed by atoms with Gasteiger partial charge >= 0.3 is 6.03 Å². The molecule has 2 aromatic rings. The van der Waals surface area contributed by atoms with Gasteiger partial charge in [0.25, 0.3) is 0 Å². The number of carbonyl (C=O) groups is 1. The summed E-state index contributed by atoms with van der Waals surface area (Å²) in [7, 11) is 0. The zero-order chi connectivity index (χ0) is 18.9. The van der Waals surface area contributed by atoms with Crippen molar-refractivity contribution in [2.45, 2.75) is 20.8 Å². The van der Waals surface area contributed by atoms with Gasteiger partial charge in [-0.1, -0.05) is 0 Å². The van der Waals surface area contributed by atoms with Gasteiger partial charge in [0, 0.05) is 17.8 Å². The Morgan fingerprint density at radius 1 is 0.846 bits per heavy atom. The van der Waals surface area contributed by atoms with Crippen molar-refractivity contribution in [3.8, 4) is 17.2 Å². The van der Waals surface area contributed by atoms with Crippen LogP contribution in [0.15, 0.2) is 36.4 Å². The molecule has 2 rings (SSSR count). The summed E-state index contributed by atoms with van der Waals surface area (Å²) in [4.78, 5) is 12.2. The number of nitrogens with one attached hydrogen (secondary N) is 2. The lowest BCUT2D eigenvalue weighted by molar-refractivity contribution is 0.260. The Bertz CT molecular complexity index is 708. The van der Waals surface area contributed by atoms with Crippen LogP contribution in [0.2, 0.25) is 0 Å². The number of anilines is 2. The first-order valence-corrected chi connectivity index (χ1v) is 8.47. The number of amides is 2. The number of hydrogen-bond acceptors (Lipinski definition) is 4. The predicted molar refractivity (Wildman–Crippen MR) is 99.0 cm³/mol. The summed E-state index contributed by atoms with van der Waals surface area (Å²) in [5.41, 5.74) is 0.963. The molecule has 0 spiro atoms. The van der Waals surface area contributed by atoms with Crippen molar-refractivity contribution in [2.75, 3.05) is 30.5 Å². The minimum atomic E-state index is -0.467. The first kappa shape index (κ1) is 19.4. The van der Waals surface area contributed by atoms with Gasteiger partial charge in [-0.2, -0.15) is 0 Å². The Hall–Kier alpha value is -2.96. The monoisotopic (exact) mass is 362 g/mol. The highest BCUT2D eigenvalue weighted by molar-refractivity contribution is 6.00. The van der Waals surface area contributed by atoms with Crippen LogP contribution in [0.5, 0.6) is 17.2 Å². The molecule has 0 aromatic heterocycles. The minimum Gasteiger partial charge on any atom is -0.490 e. The van der Waals surface area contributed by atoms with Crippen LogP contribution in [0.4, 0.5) is 20.6 Å². The summed E-state index contributed by atoms with van der Waals surface area (Å²) < 4.78 is 29.8. The third kappa shape index (κ3) is 5.27. The zero-order valence-corrected chi connectivity index (χ0v) is 15.1. The smallest absolute Gasteiger partial charge is 0.323 e. The first-order chi connectivity index (χ1) is 12.6. The highest BCUT2D eigenvalue weighted by atomic mass is 19.1. The summed E-state index contributed by atoms with van der Waals surface area (Å²) >= 11 is 0. The summed E-state index contributed by atoms with van der Waals surface area (Å²) in [5, 5.41) is 5.34. The Balaban J connectivity index is 2.21. The number of halogens is 1. The molecule has 0 unspecified atom stereocenters. The fraction of sp³-hybridized carbons (Fsp3) is 0.316. The molecule has 0 aliphatic heterocycles. The van der Waals surface area contributed by atoms with Crippen molar-refractivity contribution in [3.63, 3.8) is 0 Å². The highest BCUT2D eigenvalue weighted by Crippen LogP contribution is 2.40. The predicted octanol–water partition coefficient (Wildman–Crippen LogP) is 4.67. The molecular weight excluding hydrogens is 339 g/mol. The molecule has 2 amide bonds. The van der Waals surface area contributed by atoms with E-state index in [9.17, 15) is 9.18 Å². The molecule has 26 heavy (non-hydrogen) atoms. The molecule has 0 fully saturated rings. The van der Waals surface area contributed by atoms with E-state index in [1.54, 1.807) is 12.1 Å². The molecule has 2 aromatic carbocycles. The summed E-state index contributed by atoms with van der Waals surface area (Å²) in [6.07, 6.45) is 0. The lowest BCUT2D eigenvalue weighted by atomic mass is 10.2. The van der Waals surface area contributed by atoms with Gasteiger partial charge in [0.15, 0.2) is 11.5 Å². The van der Waals surface area contributed by atoms with Crippen molar-refractivity contribution in [3.05, 3.63) is 42.2 Å². The van der Waals surface area contributed by atoms with Crippen LogP contribution in [0, 0.1) is 5.82 Å². The lowest BCUT2D eigenvalue weighted by Crippen LogP contribution is -2.19. The maximum atomic E-state index is 12.9. The lowest BCUT2D eigenvalue weighted by Gasteiger charge is -2.17. The van der Waals surface area contributed by atoms with E-state index in [4.69, 9.17) is 14.2 Å². The van der Waals surface area contributed by atoms with Crippen molar-refractivity contribution >= 4 is 17.4 Å². The van der Waals surface area contributed by atoms with Crippen LogP contribution < -0.4 is 24.8 Å². The van der Waals surface area contributed by atoms with Crippen molar-refractivity contribution in [1.82, 2.24) is 0 Å². The third-order valence-electron chi connectivity index (χ3n) is 3.27. The molecule has 6 nitrogen and oxygen atoms in total. The maximum absolute atomic E-state index is 12.9. The average molecular weight is 362 g/mol. The van der Waals surface area contributed by atoms with Gasteiger partial charge in [0.05, 0.1) is 25.5 Å². The van der Waals surface area contributed by atoms with E-state index >= 15 is 0 Å². The van der Waals surface area contributed by atoms with Gasteiger partial charge in [-0.3, -0.25) is 0 Å². The summed E-state index contributed by atoms with van der Waals surface area (Å²) in [5.74, 6) is 1.10. The van der Waals surface area contributed by atoms with Crippen molar-refractivity contribution < 1.29 is 23.4 Å². The van der Waals surface area contributed by atoms with E-state index in [-0.39, 0.29) is 5.82 Å². The Morgan fingerprint density at radius 3 is 1.85 bits per heavy atom. The fourth-order valence-corrected chi connectivity index (χ4v) is 2.29. The molecular formula is C19H23FN2O4. The molecule has 0 aliphatic carbocycles. The highest BCUT2D eigenvalue weighted by Gasteiger charge is 2.16. The topological polar surface area (TPSA) is 68.8 Å². The zero-order valence-electron chi connectivity index (χ0n) is 15.1. The number of ether oxygens (including phenoxy) is 3. The van der Waals surface area contributed by atoms with Crippen LogP contribution >= 0.6 is 0 Å². The van der Waals surface area contributed by atoms with Crippen LogP contribution in [-0.2, 0) is 0 Å². The molecule has 0 saturated heterocycles. The quantitative estimate of drug-likeness (QED) is 0.716. The van der Waals surface area contributed by atoms with Crippen LogP contribution in [0.3, 0.4) is 0 Å². The SMILES string of the molecule is CCOc1cc(NC(=O)Nc2ccc(F)cc2)cc(OCC)c1OCC. The molecule has 0 bridgehead atoms. The van der Waals surface area contributed by atoms with Gasteiger partial charge in [-0.15, -0.1) is 0 Å². The Morgan fingerprint density at radius 2 is 1.35 bits per heavy atom. The van der Waals surface area contributed by atoms with E-state index in [1.165, 1.54) is 24.3 Å². The Kier molecular flexibility index (Phi) is 7.08. The van der Waals surface area contributed by atoms with Crippen LogP contribution in [-0.4, -0.2) is 25.9 Å². The first-order valence-electron chi connectivity index (χ1n) is 8.47. The molecule has 7 heteroatoms. The number of carbonyl (C=O) groups excluding carboxylic acids is 1. The number of hydrogen-bond donors (Lipinski definition) is 2. The maximum Gasteiger partial charge on any atom is 0.323 e. The summed E-state index contributed by atoms with van der Waals surface area (Å²) in [6, 6.07) is 8.36. The largest absolute Gasteiger partial charge is 0.490 e. The second-order valence-corrected chi connectivity index (χ2v) is 5.19. The van der Waals surface area contributed by atoms with Crippen molar-refractivity contribution in [1.29, 1.82) is 0 Å². The Labute approximate surface area is 152 Å². The molecule has 0 atom stereocenters. The fourth-order valence-electron chi connectivity index (χ4n) is 2.29. The normalized spacial score (nSPS) is 10.2. The molecule has 0 saturated carbocycles. The van der Waals surface area contributed by atoms with E-state index in [0.29, 0.717) is 48.4 Å². The molecule has 0 radical (unpaired) electrons. The molecule has 140 valence electrons. The molecule has 2 N–H and O–H groups in total. The van der Waals surface area contributed by atoms with Crippen molar-refractivity contribution in [2.24, 2.45) is 0 Å². The molecule has 0 aliphatic rings. The molecule has 0 heterocycles. The van der Waals surface area contributed by atoms with Gasteiger partial charge in [0.2, 0.25) is 5.75 Å². The van der Waals surface area contributed by atoms with E-state index in [1.807, 2.05) is 20.8 Å². The van der Waals surface area contributed by atoms with Gasteiger partial charge < -0.3 is 24.8 Å². The minimum absolute atomic E-state index is 0.370. The van der Waals surface area contributed by atoms with Crippen LogP contribution in [0.1, 0.15) is 20.8 Å². The number of urea groups is 1. The second-order valence-electron chi connectivity index (χ2n) is 5.19. The number of rotatable bonds is 8. The summed E-state index contributed by atoms with van der Waals surface area (Å²) in [6.45, 7) is 6.92. The van der Waals surface area contributed by atoms with Gasteiger partial charge in [-0.25, -0.2) is 9.18 Å². The van der Waals surface area contributed by atoms with Gasteiger partial charge in [-0.05, 0) is 45.0 Å². The standard InChI is InChI=1S/C19H23FN2O4/c1-4-24-16-11-15(12-17(25-5-2)18(16)26-6-3)22-19(23)21-14-9-7-13(20)8-10-14/h7-12H,4-6H2,1-3H3,(H2,21,22,23). The van der Waals surface area contributed by atoms with Gasteiger partial charge in [0.1, 0.15) is 5.82 Å². The number of benzene rings is 2. The van der Waals surface area contributed by atoms with E-state index < -0.39 is 6.03 Å². The average Bonchev–Trinajstić information content (AvgIpc) is 2.60. The second kappa shape index (κ2) is 9.50. The third-order valence-corrected chi connectivity index (χ3v) is 3.27. The van der Waals surface area contributed by atoms with Crippen LogP contribution in [0.25, 0.3) is 0 Å². The van der Waals surface area contributed by atoms with E-state index in [2.05, 4.69) is 10.6 Å². The van der Waals surface area contributed by atoms with E-state index in [0.717, 1.165) is 0 Å².